The van der Waals surface area contributed by atoms with Crippen LogP contribution in [0.2, 0.25) is 0 Å². The largest absolute Gasteiger partial charge is 0.503 e. The van der Waals surface area contributed by atoms with Crippen LogP contribution in [0.5, 0.6) is 0 Å². The van der Waals surface area contributed by atoms with Gasteiger partial charge >= 0.3 is 0 Å². The van der Waals surface area contributed by atoms with Gasteiger partial charge in [0.25, 0.3) is 5.91 Å². The number of carbonyl (C=O) groups excluding carboxylic acids is 2. The number of carbonyl (C=O) groups is 2. The first-order valence-corrected chi connectivity index (χ1v) is 7.69. The van der Waals surface area contributed by atoms with Crippen molar-refractivity contribution in [3.05, 3.63) is 71.5 Å². The SMILES string of the molecule is CCC(=O)C1=C(O)C(=O)N(Cc2ccncc2)C1c1ccncc1. The monoisotopic (exact) mass is 323 g/mol. The molecular formula is C18H17N3O3. The molecule has 1 aliphatic rings. The Morgan fingerprint density at radius 2 is 1.71 bits per heavy atom. The lowest BCUT2D eigenvalue weighted by molar-refractivity contribution is -0.130. The summed E-state index contributed by atoms with van der Waals surface area (Å²) in [6, 6.07) is 6.49. The van der Waals surface area contributed by atoms with Crippen molar-refractivity contribution >= 4 is 11.7 Å². The number of hydrogen-bond acceptors (Lipinski definition) is 5. The van der Waals surface area contributed by atoms with E-state index in [4.69, 9.17) is 0 Å². The molecule has 3 heterocycles. The zero-order valence-electron chi connectivity index (χ0n) is 13.2. The Hall–Kier alpha value is -3.02. The second-order valence-electron chi connectivity index (χ2n) is 5.51. The molecule has 0 aliphatic carbocycles. The third-order valence-corrected chi connectivity index (χ3v) is 4.05. The van der Waals surface area contributed by atoms with Crippen molar-refractivity contribution in [2.75, 3.05) is 0 Å². The van der Waals surface area contributed by atoms with E-state index in [0.717, 1.165) is 11.1 Å². The number of hydrogen-bond donors (Lipinski definition) is 1. The molecule has 0 saturated carbocycles. The highest BCUT2D eigenvalue weighted by Crippen LogP contribution is 2.38. The highest BCUT2D eigenvalue weighted by Gasteiger charge is 2.42. The number of pyridine rings is 2. The van der Waals surface area contributed by atoms with Crippen molar-refractivity contribution in [3.63, 3.8) is 0 Å². The molecule has 1 aliphatic heterocycles. The van der Waals surface area contributed by atoms with E-state index in [1.165, 1.54) is 4.90 Å². The maximum Gasteiger partial charge on any atom is 0.290 e. The summed E-state index contributed by atoms with van der Waals surface area (Å²) in [6.07, 6.45) is 6.71. The van der Waals surface area contributed by atoms with Gasteiger partial charge in [-0.25, -0.2) is 0 Å². The normalized spacial score (nSPS) is 17.5. The van der Waals surface area contributed by atoms with Gasteiger partial charge in [0.15, 0.2) is 11.5 Å². The Morgan fingerprint density at radius 3 is 2.29 bits per heavy atom. The van der Waals surface area contributed by atoms with Gasteiger partial charge in [0.05, 0.1) is 11.6 Å². The zero-order valence-corrected chi connectivity index (χ0v) is 13.2. The van der Waals surface area contributed by atoms with E-state index < -0.39 is 17.7 Å². The predicted octanol–water partition coefficient (Wildman–Crippen LogP) is 2.35. The van der Waals surface area contributed by atoms with Crippen molar-refractivity contribution in [3.8, 4) is 0 Å². The number of amides is 1. The van der Waals surface area contributed by atoms with Gasteiger partial charge in [-0.05, 0) is 35.4 Å². The van der Waals surface area contributed by atoms with Gasteiger partial charge in [-0.2, -0.15) is 0 Å². The third kappa shape index (κ3) is 2.78. The van der Waals surface area contributed by atoms with Gasteiger partial charge in [0.1, 0.15) is 0 Å². The molecule has 6 nitrogen and oxygen atoms in total. The van der Waals surface area contributed by atoms with Crippen LogP contribution in [0.25, 0.3) is 0 Å². The highest BCUT2D eigenvalue weighted by atomic mass is 16.3. The molecule has 1 atom stereocenters. The van der Waals surface area contributed by atoms with E-state index in [2.05, 4.69) is 9.97 Å². The van der Waals surface area contributed by atoms with Crippen molar-refractivity contribution in [2.45, 2.75) is 25.9 Å². The fourth-order valence-corrected chi connectivity index (χ4v) is 2.87. The molecule has 1 unspecified atom stereocenters. The van der Waals surface area contributed by atoms with E-state index in [9.17, 15) is 14.7 Å². The second-order valence-corrected chi connectivity index (χ2v) is 5.51. The molecule has 3 rings (SSSR count). The predicted molar refractivity (Wildman–Crippen MR) is 86.7 cm³/mol. The molecule has 2 aromatic heterocycles. The molecule has 0 bridgehead atoms. The Morgan fingerprint density at radius 1 is 1.12 bits per heavy atom. The van der Waals surface area contributed by atoms with Crippen molar-refractivity contribution in [1.82, 2.24) is 14.9 Å². The molecule has 0 aromatic carbocycles. The van der Waals surface area contributed by atoms with Gasteiger partial charge in [0, 0.05) is 37.8 Å². The number of nitrogens with zero attached hydrogens (tertiary/aromatic N) is 3. The zero-order chi connectivity index (χ0) is 17.1. The van der Waals surface area contributed by atoms with E-state index in [-0.39, 0.29) is 24.3 Å². The van der Waals surface area contributed by atoms with Gasteiger partial charge in [0.2, 0.25) is 0 Å². The van der Waals surface area contributed by atoms with Crippen molar-refractivity contribution in [2.24, 2.45) is 0 Å². The fraction of sp³-hybridized carbons (Fsp3) is 0.222. The molecule has 2 aromatic rings. The average Bonchev–Trinajstić information content (AvgIpc) is 2.87. The van der Waals surface area contributed by atoms with Gasteiger partial charge in [-0.1, -0.05) is 6.92 Å². The van der Waals surface area contributed by atoms with Gasteiger partial charge < -0.3 is 10.0 Å². The lowest BCUT2D eigenvalue weighted by Gasteiger charge is -2.26. The Bertz CT molecular complexity index is 788. The number of aromatic nitrogens is 2. The maximum atomic E-state index is 12.6. The first-order valence-electron chi connectivity index (χ1n) is 7.69. The summed E-state index contributed by atoms with van der Waals surface area (Å²) in [5.74, 6) is -1.23. The van der Waals surface area contributed by atoms with E-state index >= 15 is 0 Å². The quantitative estimate of drug-likeness (QED) is 0.913. The molecule has 24 heavy (non-hydrogen) atoms. The minimum absolute atomic E-state index is 0.155. The number of Topliss-reactive ketones (excluding diaryl/α,β-unsaturated/α-hetero) is 1. The van der Waals surface area contributed by atoms with Crippen molar-refractivity contribution in [1.29, 1.82) is 0 Å². The van der Waals surface area contributed by atoms with Crippen LogP contribution in [0.15, 0.2) is 60.4 Å². The summed E-state index contributed by atoms with van der Waals surface area (Å²) in [5.41, 5.74) is 1.77. The fourth-order valence-electron chi connectivity index (χ4n) is 2.87. The molecule has 122 valence electrons. The second kappa shape index (κ2) is 6.62. The molecule has 0 saturated heterocycles. The minimum atomic E-state index is -0.610. The molecule has 6 heteroatoms. The molecule has 1 N–H and O–H groups in total. The number of aliphatic hydroxyl groups excluding tert-OH is 1. The van der Waals surface area contributed by atoms with Crippen LogP contribution in [0.4, 0.5) is 0 Å². The van der Waals surface area contributed by atoms with E-state index in [1.807, 2.05) is 0 Å². The first-order chi connectivity index (χ1) is 11.6. The Balaban J connectivity index is 2.04. The summed E-state index contributed by atoms with van der Waals surface area (Å²) >= 11 is 0. The van der Waals surface area contributed by atoms with Crippen LogP contribution in [0.3, 0.4) is 0 Å². The van der Waals surface area contributed by atoms with Crippen LogP contribution < -0.4 is 0 Å². The minimum Gasteiger partial charge on any atom is -0.503 e. The van der Waals surface area contributed by atoms with Crippen LogP contribution in [0, 0.1) is 0 Å². The number of ketones is 1. The van der Waals surface area contributed by atoms with Crippen LogP contribution in [-0.4, -0.2) is 31.7 Å². The van der Waals surface area contributed by atoms with Crippen LogP contribution in [-0.2, 0) is 16.1 Å². The third-order valence-electron chi connectivity index (χ3n) is 4.05. The molecule has 0 spiro atoms. The Labute approximate surface area is 139 Å². The molecule has 1 amide bonds. The lowest BCUT2D eigenvalue weighted by Crippen LogP contribution is -2.30. The van der Waals surface area contributed by atoms with Crippen LogP contribution in [0.1, 0.15) is 30.5 Å². The summed E-state index contributed by atoms with van der Waals surface area (Å²) in [5, 5.41) is 10.3. The standard InChI is InChI=1S/C18H17N3O3/c1-2-14(22)15-16(13-5-9-20-10-6-13)21(18(24)17(15)23)11-12-3-7-19-8-4-12/h3-10,16,23H,2,11H2,1H3. The van der Waals surface area contributed by atoms with Crippen LogP contribution >= 0.6 is 0 Å². The summed E-state index contributed by atoms with van der Waals surface area (Å²) in [7, 11) is 0. The molecular weight excluding hydrogens is 306 g/mol. The summed E-state index contributed by atoms with van der Waals surface area (Å²) < 4.78 is 0. The Kier molecular flexibility index (Phi) is 4.37. The van der Waals surface area contributed by atoms with Gasteiger partial charge in [-0.3, -0.25) is 19.6 Å². The lowest BCUT2D eigenvalue weighted by atomic mass is 9.95. The van der Waals surface area contributed by atoms with E-state index in [0.29, 0.717) is 0 Å². The topological polar surface area (TPSA) is 83.4 Å². The number of rotatable bonds is 5. The maximum absolute atomic E-state index is 12.6. The van der Waals surface area contributed by atoms with Crippen molar-refractivity contribution < 1.29 is 14.7 Å². The average molecular weight is 323 g/mol. The molecule has 0 radical (unpaired) electrons. The summed E-state index contributed by atoms with van der Waals surface area (Å²) in [4.78, 5) is 34.3. The smallest absolute Gasteiger partial charge is 0.290 e. The van der Waals surface area contributed by atoms with E-state index in [1.54, 1.807) is 56.0 Å². The number of aliphatic hydroxyl groups is 1. The molecule has 0 fully saturated rings. The summed E-state index contributed by atoms with van der Waals surface area (Å²) in [6.45, 7) is 1.99. The first kappa shape index (κ1) is 15.9. The highest BCUT2D eigenvalue weighted by molar-refractivity contribution is 6.08. The van der Waals surface area contributed by atoms with Gasteiger partial charge in [-0.15, -0.1) is 0 Å².